The van der Waals surface area contributed by atoms with Crippen molar-refractivity contribution in [3.05, 3.63) is 74.9 Å². The zero-order valence-corrected chi connectivity index (χ0v) is 20.2. The minimum absolute atomic E-state index is 0.0329. The Morgan fingerprint density at radius 2 is 1.94 bits per heavy atom. The van der Waals surface area contributed by atoms with E-state index in [0.717, 1.165) is 4.68 Å². The van der Waals surface area contributed by atoms with Gasteiger partial charge in [0.15, 0.2) is 5.82 Å². The molecule has 0 radical (unpaired) electrons. The van der Waals surface area contributed by atoms with Crippen molar-refractivity contribution in [1.29, 1.82) is 0 Å². The van der Waals surface area contributed by atoms with Gasteiger partial charge in [0.05, 0.1) is 28.5 Å². The second kappa shape index (κ2) is 10.3. The van der Waals surface area contributed by atoms with Crippen molar-refractivity contribution in [2.45, 2.75) is 19.9 Å². The van der Waals surface area contributed by atoms with Gasteiger partial charge in [-0.3, -0.25) is 9.59 Å². The fraction of sp³-hybridized carbons (Fsp3) is 0.190. The molecule has 0 spiro atoms. The predicted octanol–water partition coefficient (Wildman–Crippen LogP) is 3.47. The van der Waals surface area contributed by atoms with Crippen LogP contribution >= 0.6 is 23.2 Å². The molecule has 0 bridgehead atoms. The van der Waals surface area contributed by atoms with E-state index in [9.17, 15) is 18.4 Å². The number of benzene rings is 1. The van der Waals surface area contributed by atoms with Gasteiger partial charge in [-0.25, -0.2) is 23.1 Å². The minimum atomic E-state index is -2.91. The fourth-order valence-corrected chi connectivity index (χ4v) is 3.87. The molecule has 0 aliphatic rings. The van der Waals surface area contributed by atoms with Crippen LogP contribution in [0.25, 0.3) is 5.82 Å². The first-order valence-corrected chi connectivity index (χ1v) is 11.0. The molecule has 2 N–H and O–H groups in total. The lowest BCUT2D eigenvalue weighted by molar-refractivity contribution is 0.0963. The van der Waals surface area contributed by atoms with Crippen LogP contribution < -0.4 is 10.6 Å². The number of nitrogens with zero attached hydrogens (tertiary/aromatic N) is 7. The monoisotopic (exact) mass is 535 g/mol. The molecule has 0 aliphatic heterocycles. The van der Waals surface area contributed by atoms with Crippen molar-refractivity contribution < 1.29 is 18.4 Å². The van der Waals surface area contributed by atoms with Gasteiger partial charge in [0.2, 0.25) is 5.82 Å². The van der Waals surface area contributed by atoms with Crippen LogP contribution in [0.5, 0.6) is 0 Å². The molecule has 3 heterocycles. The lowest BCUT2D eigenvalue weighted by Gasteiger charge is -2.14. The Morgan fingerprint density at radius 1 is 1.17 bits per heavy atom. The third kappa shape index (κ3) is 5.02. The van der Waals surface area contributed by atoms with Gasteiger partial charge >= 0.3 is 0 Å². The number of tetrazole rings is 1. The first-order valence-electron chi connectivity index (χ1n) is 10.3. The van der Waals surface area contributed by atoms with Crippen LogP contribution in [-0.4, -0.2) is 53.8 Å². The third-order valence-corrected chi connectivity index (χ3v) is 5.52. The Morgan fingerprint density at radius 3 is 2.64 bits per heavy atom. The lowest BCUT2D eigenvalue weighted by Crippen LogP contribution is -2.23. The summed E-state index contributed by atoms with van der Waals surface area (Å²) in [6, 6.07) is 7.52. The number of carbonyl (C=O) groups is 2. The third-order valence-electron chi connectivity index (χ3n) is 5.01. The number of amides is 2. The summed E-state index contributed by atoms with van der Waals surface area (Å²) in [5.41, 5.74) is 1.05. The summed E-state index contributed by atoms with van der Waals surface area (Å²) in [6.07, 6.45) is -1.46. The summed E-state index contributed by atoms with van der Waals surface area (Å²) in [5.74, 6) is -1.66. The van der Waals surface area contributed by atoms with E-state index in [1.165, 1.54) is 30.1 Å². The largest absolute Gasteiger partial charge is 0.355 e. The van der Waals surface area contributed by atoms with Gasteiger partial charge in [0, 0.05) is 18.3 Å². The smallest absolute Gasteiger partial charge is 0.298 e. The molecule has 0 atom stereocenters. The van der Waals surface area contributed by atoms with Gasteiger partial charge in [-0.2, -0.15) is 5.10 Å². The number of pyridine rings is 1. The molecule has 11 nitrogen and oxygen atoms in total. The molecule has 36 heavy (non-hydrogen) atoms. The van der Waals surface area contributed by atoms with E-state index in [4.69, 9.17) is 23.2 Å². The Bertz CT molecular complexity index is 1460. The van der Waals surface area contributed by atoms with Crippen molar-refractivity contribution in [3.8, 4) is 5.82 Å². The van der Waals surface area contributed by atoms with Crippen LogP contribution in [0, 0.1) is 6.92 Å². The first-order chi connectivity index (χ1) is 17.2. The average molecular weight is 536 g/mol. The molecule has 3 aromatic heterocycles. The molecular weight excluding hydrogens is 519 g/mol. The molecular formula is C21H17Cl2F2N9O2. The number of aryl methyl sites for hydroxylation is 1. The van der Waals surface area contributed by atoms with E-state index in [1.807, 2.05) is 0 Å². The Hall–Kier alpha value is -3.97. The van der Waals surface area contributed by atoms with Gasteiger partial charge in [-0.05, 0) is 53.2 Å². The number of hydrogen-bond acceptors (Lipinski definition) is 7. The van der Waals surface area contributed by atoms with Crippen molar-refractivity contribution >= 4 is 40.7 Å². The highest BCUT2D eigenvalue weighted by atomic mass is 35.5. The molecule has 0 fully saturated rings. The number of alkyl halides is 2. The lowest BCUT2D eigenvalue weighted by atomic mass is 10.1. The van der Waals surface area contributed by atoms with Crippen LogP contribution in [0.3, 0.4) is 0 Å². The summed E-state index contributed by atoms with van der Waals surface area (Å²) in [6.45, 7) is 1.42. The van der Waals surface area contributed by atoms with Crippen LogP contribution in [0.1, 0.15) is 44.4 Å². The van der Waals surface area contributed by atoms with Crippen molar-refractivity contribution in [2.24, 2.45) is 0 Å². The number of anilines is 1. The van der Waals surface area contributed by atoms with Crippen LogP contribution in [0.15, 0.2) is 36.5 Å². The molecule has 0 aliphatic carbocycles. The van der Waals surface area contributed by atoms with E-state index in [-0.39, 0.29) is 40.0 Å². The van der Waals surface area contributed by atoms with Crippen molar-refractivity contribution in [2.75, 3.05) is 12.4 Å². The van der Waals surface area contributed by atoms with Crippen molar-refractivity contribution in [1.82, 2.24) is 40.3 Å². The second-order valence-electron chi connectivity index (χ2n) is 7.42. The molecule has 0 saturated carbocycles. The summed E-state index contributed by atoms with van der Waals surface area (Å²) in [7, 11) is 1.45. The normalized spacial score (nSPS) is 11.1. The van der Waals surface area contributed by atoms with Crippen LogP contribution in [0.2, 0.25) is 10.0 Å². The molecule has 2 amide bonds. The van der Waals surface area contributed by atoms with E-state index in [2.05, 4.69) is 36.2 Å². The number of aromatic nitrogens is 7. The Kier molecular flexibility index (Phi) is 7.22. The van der Waals surface area contributed by atoms with Gasteiger partial charge in [-0.15, -0.1) is 5.10 Å². The Balaban J connectivity index is 1.78. The maximum atomic E-state index is 13.4. The van der Waals surface area contributed by atoms with E-state index < -0.39 is 24.1 Å². The van der Waals surface area contributed by atoms with Crippen LogP contribution in [-0.2, 0) is 6.54 Å². The minimum Gasteiger partial charge on any atom is -0.355 e. The molecule has 186 valence electrons. The number of rotatable bonds is 7. The molecule has 1 aromatic carbocycles. The maximum absolute atomic E-state index is 13.4. The zero-order chi connectivity index (χ0) is 26.0. The number of nitrogens with one attached hydrogen (secondary N) is 2. The second-order valence-corrected chi connectivity index (χ2v) is 8.26. The average Bonchev–Trinajstić information content (AvgIpc) is 3.48. The standard InChI is InChI=1S/C21H17Cl2F2N9O2/c1-10-6-11(22)7-13(20(35)26-2)16(10)28-21(36)15-8-12(9-33-19(17(24)25)29-31-32-33)30-34(15)18-14(23)4-3-5-27-18/h3-8,17H,9H2,1-2H3,(H,26,35)(H,28,36). The molecule has 4 rings (SSSR count). The molecule has 0 saturated heterocycles. The predicted molar refractivity (Wildman–Crippen MR) is 126 cm³/mol. The number of carbonyl (C=O) groups excluding carboxylic acids is 2. The summed E-state index contributed by atoms with van der Waals surface area (Å²) in [4.78, 5) is 30.0. The maximum Gasteiger partial charge on any atom is 0.298 e. The topological polar surface area (TPSA) is 133 Å². The SMILES string of the molecule is CNC(=O)c1cc(Cl)cc(C)c1NC(=O)c1cc(Cn2nnnc2C(F)F)nn1-c1ncccc1Cl. The van der Waals surface area contributed by atoms with E-state index in [1.54, 1.807) is 25.1 Å². The van der Waals surface area contributed by atoms with Gasteiger partial charge in [0.25, 0.3) is 18.2 Å². The summed E-state index contributed by atoms with van der Waals surface area (Å²) in [5, 5.41) is 20.2. The zero-order valence-electron chi connectivity index (χ0n) is 18.7. The highest BCUT2D eigenvalue weighted by Crippen LogP contribution is 2.27. The van der Waals surface area contributed by atoms with Gasteiger partial charge in [0.1, 0.15) is 5.69 Å². The van der Waals surface area contributed by atoms with Crippen LogP contribution in [0.4, 0.5) is 14.5 Å². The summed E-state index contributed by atoms with van der Waals surface area (Å²) < 4.78 is 28.5. The fourth-order valence-electron chi connectivity index (χ4n) is 3.40. The quantitative estimate of drug-likeness (QED) is 0.370. The highest BCUT2D eigenvalue weighted by Gasteiger charge is 2.24. The van der Waals surface area contributed by atoms with Crippen molar-refractivity contribution in [3.63, 3.8) is 0 Å². The summed E-state index contributed by atoms with van der Waals surface area (Å²) >= 11 is 12.4. The van der Waals surface area contributed by atoms with Gasteiger partial charge < -0.3 is 10.6 Å². The van der Waals surface area contributed by atoms with E-state index >= 15 is 0 Å². The Labute approximate surface area is 212 Å². The number of halogens is 4. The molecule has 4 aromatic rings. The molecule has 15 heteroatoms. The molecule has 0 unspecified atom stereocenters. The highest BCUT2D eigenvalue weighted by molar-refractivity contribution is 6.32. The van der Waals surface area contributed by atoms with E-state index in [0.29, 0.717) is 10.6 Å². The number of hydrogen-bond donors (Lipinski definition) is 2. The first kappa shape index (κ1) is 25.1. The van der Waals surface area contributed by atoms with Gasteiger partial charge in [-0.1, -0.05) is 23.2 Å².